The summed E-state index contributed by atoms with van der Waals surface area (Å²) in [6.07, 6.45) is 2.49. The number of hydrogen-bond acceptors (Lipinski definition) is 9. The minimum absolute atomic E-state index is 0.00849. The van der Waals surface area contributed by atoms with E-state index in [2.05, 4.69) is 4.74 Å². The minimum Gasteiger partial charge on any atom is -0.459 e. The van der Waals surface area contributed by atoms with Crippen LogP contribution in [0, 0.1) is 11.8 Å². The molecule has 4 atom stereocenters. The number of hydrogen-bond donors (Lipinski definition) is 2. The van der Waals surface area contributed by atoms with Crippen LogP contribution >= 0.6 is 0 Å². The fraction of sp³-hybridized carbons (Fsp3) is 0.905. The monoisotopic (exact) mass is 512 g/mol. The predicted octanol–water partition coefficient (Wildman–Crippen LogP) is 1.94. The first kappa shape index (κ1) is 25.7. The van der Waals surface area contributed by atoms with Crippen LogP contribution in [0.3, 0.4) is 0 Å². The molecule has 0 radical (unpaired) electrons. The number of ether oxygens (including phenoxy) is 4. The molecule has 13 heteroatoms. The van der Waals surface area contributed by atoms with E-state index >= 15 is 0 Å². The normalized spacial score (nSPS) is 39.0. The van der Waals surface area contributed by atoms with Crippen molar-refractivity contribution in [3.05, 3.63) is 0 Å². The van der Waals surface area contributed by atoms with Crippen LogP contribution in [0.2, 0.25) is 0 Å². The van der Waals surface area contributed by atoms with Crippen LogP contribution in [-0.4, -0.2) is 71.1 Å². The van der Waals surface area contributed by atoms with Gasteiger partial charge in [0, 0.05) is 12.8 Å². The van der Waals surface area contributed by atoms with Gasteiger partial charge in [-0.05, 0) is 57.8 Å². The molecule has 4 bridgehead atoms. The molecule has 1 heterocycles. The highest BCUT2D eigenvalue weighted by Gasteiger charge is 2.59. The molecule has 4 aliphatic carbocycles. The Morgan fingerprint density at radius 2 is 1.65 bits per heavy atom. The highest BCUT2D eigenvalue weighted by atomic mass is 32.2. The molecule has 10 nitrogen and oxygen atoms in total. The molecule has 1 aliphatic heterocycles. The standard InChI is InChI=1S/C21H30F2O10S/c1-18(2)31-14(4-15(32-18)10-30-17(25)21(22,23)34(27,28)29)5-16(24)33-20-8-12-3-13(9-20)7-19(26,6-12)11-20/h12-15,26H,3-11H2,1-2H3,(H,27,28,29). The first-order valence-electron chi connectivity index (χ1n) is 11.3. The summed E-state index contributed by atoms with van der Waals surface area (Å²) in [5, 5.41) is 5.72. The lowest BCUT2D eigenvalue weighted by Gasteiger charge is -2.59. The number of carbonyl (C=O) groups is 2. The summed E-state index contributed by atoms with van der Waals surface area (Å²) >= 11 is 0. The molecule has 4 unspecified atom stereocenters. The van der Waals surface area contributed by atoms with Crippen molar-refractivity contribution in [2.75, 3.05) is 6.61 Å². The molecule has 0 spiro atoms. The Morgan fingerprint density at radius 1 is 1.06 bits per heavy atom. The second-order valence-corrected chi connectivity index (χ2v) is 12.2. The van der Waals surface area contributed by atoms with Crippen LogP contribution < -0.4 is 0 Å². The Morgan fingerprint density at radius 3 is 2.21 bits per heavy atom. The van der Waals surface area contributed by atoms with Gasteiger partial charge in [0.15, 0.2) is 5.79 Å². The van der Waals surface area contributed by atoms with Gasteiger partial charge in [-0.1, -0.05) is 0 Å². The third kappa shape index (κ3) is 5.23. The smallest absolute Gasteiger partial charge is 0.459 e. The van der Waals surface area contributed by atoms with Crippen molar-refractivity contribution >= 4 is 22.1 Å². The summed E-state index contributed by atoms with van der Waals surface area (Å²) in [7, 11) is -5.98. The summed E-state index contributed by atoms with van der Waals surface area (Å²) in [4.78, 5) is 24.3. The number of rotatable bonds is 7. The predicted molar refractivity (Wildman–Crippen MR) is 109 cm³/mol. The quantitative estimate of drug-likeness (QED) is 0.383. The van der Waals surface area contributed by atoms with E-state index in [0.717, 1.165) is 32.1 Å². The average Bonchev–Trinajstić information content (AvgIpc) is 2.61. The van der Waals surface area contributed by atoms with E-state index < -0.39 is 63.1 Å². The van der Waals surface area contributed by atoms with Crippen molar-refractivity contribution in [3.8, 4) is 0 Å². The summed E-state index contributed by atoms with van der Waals surface area (Å²) in [5.41, 5.74) is -1.48. The van der Waals surface area contributed by atoms with E-state index in [0.29, 0.717) is 18.3 Å². The second-order valence-electron chi connectivity index (χ2n) is 10.8. The zero-order chi connectivity index (χ0) is 25.2. The molecule has 5 aliphatic rings. The molecule has 0 aromatic heterocycles. The minimum atomic E-state index is -5.98. The number of halogens is 2. The topological polar surface area (TPSA) is 146 Å². The molecule has 34 heavy (non-hydrogen) atoms. The fourth-order valence-electron chi connectivity index (χ4n) is 6.52. The molecule has 0 aromatic rings. The Labute approximate surface area is 196 Å². The first-order chi connectivity index (χ1) is 15.5. The van der Waals surface area contributed by atoms with Gasteiger partial charge < -0.3 is 24.1 Å². The number of carbonyl (C=O) groups excluding carboxylic acids is 2. The molecule has 0 amide bonds. The van der Waals surface area contributed by atoms with E-state index in [-0.39, 0.29) is 12.8 Å². The Balaban J connectivity index is 1.34. The average molecular weight is 513 g/mol. The van der Waals surface area contributed by atoms with Crippen molar-refractivity contribution < 1.29 is 55.4 Å². The second kappa shape index (κ2) is 8.32. The maximum Gasteiger partial charge on any atom is 0.465 e. The lowest BCUT2D eigenvalue weighted by molar-refractivity contribution is -0.305. The molecule has 5 fully saturated rings. The molecule has 4 saturated carbocycles. The number of aliphatic hydroxyl groups is 1. The maximum absolute atomic E-state index is 13.4. The summed E-state index contributed by atoms with van der Waals surface area (Å²) in [6.45, 7) is 2.32. The maximum atomic E-state index is 13.4. The van der Waals surface area contributed by atoms with Crippen molar-refractivity contribution in [1.29, 1.82) is 0 Å². The third-order valence-corrected chi connectivity index (χ3v) is 7.90. The van der Waals surface area contributed by atoms with Crippen molar-refractivity contribution in [1.82, 2.24) is 0 Å². The van der Waals surface area contributed by atoms with Crippen LogP contribution in [0.15, 0.2) is 0 Å². The Kier molecular flexibility index (Phi) is 6.29. The van der Waals surface area contributed by atoms with Gasteiger partial charge in [-0.3, -0.25) is 9.35 Å². The lowest BCUT2D eigenvalue weighted by atomic mass is 9.52. The van der Waals surface area contributed by atoms with Crippen molar-refractivity contribution in [3.63, 3.8) is 0 Å². The SMILES string of the molecule is CC1(C)OC(COC(=O)C(F)(F)S(=O)(=O)O)CC(CC(=O)OC23CC4CC(CC(O)(C4)C2)C3)O1. The molecule has 194 valence electrons. The van der Waals surface area contributed by atoms with Gasteiger partial charge in [0.1, 0.15) is 12.2 Å². The van der Waals surface area contributed by atoms with Crippen LogP contribution in [0.25, 0.3) is 0 Å². The highest BCUT2D eigenvalue weighted by Crippen LogP contribution is 2.59. The number of alkyl halides is 2. The van der Waals surface area contributed by atoms with E-state index in [1.807, 2.05) is 0 Å². The van der Waals surface area contributed by atoms with Gasteiger partial charge in [-0.15, -0.1) is 0 Å². The Hall–Kier alpha value is -1.41. The van der Waals surface area contributed by atoms with Gasteiger partial charge in [0.25, 0.3) is 0 Å². The molecule has 2 N–H and O–H groups in total. The van der Waals surface area contributed by atoms with Crippen LogP contribution in [0.4, 0.5) is 8.78 Å². The van der Waals surface area contributed by atoms with E-state index in [1.54, 1.807) is 0 Å². The Bertz CT molecular complexity index is 935. The molecular weight excluding hydrogens is 482 g/mol. The van der Waals surface area contributed by atoms with Crippen LogP contribution in [0.5, 0.6) is 0 Å². The van der Waals surface area contributed by atoms with E-state index in [9.17, 15) is 31.9 Å². The summed E-state index contributed by atoms with van der Waals surface area (Å²) in [6, 6.07) is 0. The summed E-state index contributed by atoms with van der Waals surface area (Å²) in [5.74, 6) is -3.53. The highest BCUT2D eigenvalue weighted by molar-refractivity contribution is 7.87. The molecule has 1 saturated heterocycles. The zero-order valence-electron chi connectivity index (χ0n) is 19.0. The van der Waals surface area contributed by atoms with Gasteiger partial charge in [0.2, 0.25) is 0 Å². The van der Waals surface area contributed by atoms with Gasteiger partial charge in [-0.25, -0.2) is 4.79 Å². The van der Waals surface area contributed by atoms with Crippen molar-refractivity contribution in [2.45, 2.75) is 99.7 Å². The van der Waals surface area contributed by atoms with Crippen LogP contribution in [0.1, 0.15) is 65.2 Å². The van der Waals surface area contributed by atoms with E-state index in [1.165, 1.54) is 13.8 Å². The van der Waals surface area contributed by atoms with Gasteiger partial charge >= 0.3 is 27.3 Å². The van der Waals surface area contributed by atoms with Gasteiger partial charge in [0.05, 0.1) is 24.2 Å². The van der Waals surface area contributed by atoms with Gasteiger partial charge in [-0.2, -0.15) is 17.2 Å². The van der Waals surface area contributed by atoms with E-state index in [4.69, 9.17) is 18.8 Å². The van der Waals surface area contributed by atoms with Crippen LogP contribution in [-0.2, 0) is 38.7 Å². The molecule has 0 aromatic carbocycles. The lowest BCUT2D eigenvalue weighted by Crippen LogP contribution is -2.60. The zero-order valence-corrected chi connectivity index (χ0v) is 19.8. The molecular formula is C21H30F2O10S. The number of esters is 2. The van der Waals surface area contributed by atoms with Crippen molar-refractivity contribution in [2.24, 2.45) is 11.8 Å². The summed E-state index contributed by atoms with van der Waals surface area (Å²) < 4.78 is 78.3. The molecule has 5 rings (SSSR count). The first-order valence-corrected chi connectivity index (χ1v) is 12.8. The fourth-order valence-corrected chi connectivity index (χ4v) is 6.79. The third-order valence-electron chi connectivity index (χ3n) is 7.09. The largest absolute Gasteiger partial charge is 0.465 e.